The molecule has 22 heavy (non-hydrogen) atoms. The Morgan fingerprint density at radius 2 is 1.55 bits per heavy atom. The third kappa shape index (κ3) is 2.66. The van der Waals surface area contributed by atoms with E-state index in [9.17, 15) is 4.79 Å². The lowest BCUT2D eigenvalue weighted by Gasteiger charge is -2.17. The molecule has 0 radical (unpaired) electrons. The van der Waals surface area contributed by atoms with E-state index in [0.29, 0.717) is 11.3 Å². The molecule has 0 spiro atoms. The number of carbonyl (C=O) groups is 1. The Hall–Kier alpha value is -2.81. The van der Waals surface area contributed by atoms with Crippen molar-refractivity contribution in [1.29, 1.82) is 0 Å². The lowest BCUT2D eigenvalue weighted by molar-refractivity contribution is 0.0737. The summed E-state index contributed by atoms with van der Waals surface area (Å²) in [6.07, 6.45) is 0. The summed E-state index contributed by atoms with van der Waals surface area (Å²) in [5, 5.41) is 1.99. The fourth-order valence-electron chi connectivity index (χ4n) is 2.48. The summed E-state index contributed by atoms with van der Waals surface area (Å²) in [4.78, 5) is 14.3. The zero-order valence-corrected chi connectivity index (χ0v) is 12.6. The van der Waals surface area contributed by atoms with Crippen molar-refractivity contribution in [2.24, 2.45) is 0 Å². The quantitative estimate of drug-likeness (QED) is 0.537. The van der Waals surface area contributed by atoms with Gasteiger partial charge in [-0.2, -0.15) is 0 Å². The Bertz CT molecular complexity index is 805. The van der Waals surface area contributed by atoms with Crippen LogP contribution < -0.4 is 9.64 Å². The fraction of sp³-hybridized carbons (Fsp3) is 0.105. The van der Waals surface area contributed by atoms with Crippen molar-refractivity contribution in [3.8, 4) is 5.75 Å². The number of nitrogens with zero attached hydrogens (tertiary/aromatic N) is 1. The van der Waals surface area contributed by atoms with Crippen molar-refractivity contribution < 1.29 is 9.53 Å². The largest absolute Gasteiger partial charge is 0.422 e. The Balaban J connectivity index is 2.06. The van der Waals surface area contributed by atoms with Crippen molar-refractivity contribution in [3.05, 3.63) is 72.3 Å². The van der Waals surface area contributed by atoms with Gasteiger partial charge in [0.2, 0.25) is 0 Å². The van der Waals surface area contributed by atoms with Gasteiger partial charge in [0.05, 0.1) is 5.56 Å². The molecule has 0 fully saturated rings. The molecule has 3 heteroatoms. The summed E-state index contributed by atoms with van der Waals surface area (Å²) >= 11 is 0. The van der Waals surface area contributed by atoms with Gasteiger partial charge in [0.1, 0.15) is 5.75 Å². The van der Waals surface area contributed by atoms with Gasteiger partial charge >= 0.3 is 5.97 Å². The zero-order chi connectivity index (χ0) is 15.5. The zero-order valence-electron chi connectivity index (χ0n) is 12.6. The molecule has 0 bridgehead atoms. The number of esters is 1. The molecule has 0 unspecified atom stereocenters. The van der Waals surface area contributed by atoms with E-state index in [1.54, 1.807) is 12.1 Å². The molecular weight excluding hydrogens is 274 g/mol. The molecule has 0 atom stereocenters. The van der Waals surface area contributed by atoms with Gasteiger partial charge in [-0.25, -0.2) is 4.79 Å². The Kier molecular flexibility index (Phi) is 3.79. The molecule has 3 aromatic carbocycles. The van der Waals surface area contributed by atoms with E-state index in [1.165, 1.54) is 0 Å². The maximum absolute atomic E-state index is 12.3. The van der Waals surface area contributed by atoms with Crippen LogP contribution in [0.15, 0.2) is 66.7 Å². The molecule has 110 valence electrons. The van der Waals surface area contributed by atoms with Crippen LogP contribution in [0.5, 0.6) is 5.75 Å². The molecule has 3 aromatic rings. The first kappa shape index (κ1) is 14.1. The monoisotopic (exact) mass is 291 g/mol. The van der Waals surface area contributed by atoms with Crippen LogP contribution in [0.2, 0.25) is 0 Å². The number of fused-ring (bicyclic) bond motifs is 1. The first-order chi connectivity index (χ1) is 10.7. The summed E-state index contributed by atoms with van der Waals surface area (Å²) in [6.45, 7) is 0. The highest BCUT2D eigenvalue weighted by Gasteiger charge is 2.13. The van der Waals surface area contributed by atoms with E-state index in [1.807, 2.05) is 73.6 Å². The van der Waals surface area contributed by atoms with Gasteiger partial charge in [-0.1, -0.05) is 42.5 Å². The number of carbonyl (C=O) groups excluding carboxylic acids is 1. The Labute approximate surface area is 129 Å². The third-order valence-corrected chi connectivity index (χ3v) is 3.54. The maximum Gasteiger partial charge on any atom is 0.343 e. The molecule has 0 aromatic heterocycles. The second kappa shape index (κ2) is 5.90. The smallest absolute Gasteiger partial charge is 0.343 e. The first-order valence-electron chi connectivity index (χ1n) is 7.13. The Morgan fingerprint density at radius 1 is 0.864 bits per heavy atom. The molecule has 0 saturated heterocycles. The van der Waals surface area contributed by atoms with Gasteiger partial charge in [0.25, 0.3) is 0 Å². The van der Waals surface area contributed by atoms with Crippen molar-refractivity contribution >= 4 is 22.4 Å². The predicted octanol–water partition coefficient (Wildman–Crippen LogP) is 4.13. The second-order valence-corrected chi connectivity index (χ2v) is 5.28. The molecule has 0 aliphatic rings. The van der Waals surface area contributed by atoms with Crippen molar-refractivity contribution in [1.82, 2.24) is 0 Å². The van der Waals surface area contributed by atoms with E-state index < -0.39 is 0 Å². The van der Waals surface area contributed by atoms with E-state index in [2.05, 4.69) is 0 Å². The fourth-order valence-corrected chi connectivity index (χ4v) is 2.48. The van der Waals surface area contributed by atoms with Crippen molar-refractivity contribution in [3.63, 3.8) is 0 Å². The van der Waals surface area contributed by atoms with Gasteiger partial charge in [0, 0.05) is 25.2 Å². The molecule has 0 aliphatic heterocycles. The number of rotatable bonds is 3. The van der Waals surface area contributed by atoms with E-state index >= 15 is 0 Å². The predicted molar refractivity (Wildman–Crippen MR) is 89.7 cm³/mol. The molecule has 0 N–H and O–H groups in total. The molecular formula is C19H17NO2. The third-order valence-electron chi connectivity index (χ3n) is 3.54. The van der Waals surface area contributed by atoms with Crippen LogP contribution in [0.4, 0.5) is 5.69 Å². The number of hydrogen-bond acceptors (Lipinski definition) is 3. The van der Waals surface area contributed by atoms with Crippen molar-refractivity contribution in [2.75, 3.05) is 19.0 Å². The van der Waals surface area contributed by atoms with Crippen LogP contribution in [0, 0.1) is 0 Å². The van der Waals surface area contributed by atoms with Gasteiger partial charge in [-0.3, -0.25) is 0 Å². The standard InChI is InChI=1S/C19H17NO2/c1-20(2)16-12-6-10-14-11-7-13-17(18(14)16)22-19(21)15-8-4-3-5-9-15/h3-13H,1-2H3. The molecule has 0 amide bonds. The summed E-state index contributed by atoms with van der Waals surface area (Å²) in [5.41, 5.74) is 1.57. The minimum Gasteiger partial charge on any atom is -0.422 e. The minimum atomic E-state index is -0.346. The number of hydrogen-bond donors (Lipinski definition) is 0. The summed E-state index contributed by atoms with van der Waals surface area (Å²) in [7, 11) is 3.95. The van der Waals surface area contributed by atoms with Crippen LogP contribution in [0.1, 0.15) is 10.4 Å². The summed E-state index contributed by atoms with van der Waals surface area (Å²) in [6, 6.07) is 20.8. The van der Waals surface area contributed by atoms with Gasteiger partial charge < -0.3 is 9.64 Å². The van der Waals surface area contributed by atoms with Crippen LogP contribution >= 0.6 is 0 Å². The minimum absolute atomic E-state index is 0.346. The molecule has 3 nitrogen and oxygen atoms in total. The van der Waals surface area contributed by atoms with Crippen molar-refractivity contribution in [2.45, 2.75) is 0 Å². The van der Waals surface area contributed by atoms with Crippen LogP contribution in [0.3, 0.4) is 0 Å². The molecule has 3 rings (SSSR count). The Morgan fingerprint density at radius 3 is 2.23 bits per heavy atom. The maximum atomic E-state index is 12.3. The highest BCUT2D eigenvalue weighted by molar-refractivity contribution is 6.01. The average Bonchev–Trinajstić information content (AvgIpc) is 2.55. The van der Waals surface area contributed by atoms with Crippen LogP contribution in [-0.2, 0) is 0 Å². The number of benzene rings is 3. The normalized spacial score (nSPS) is 10.5. The number of anilines is 1. The summed E-state index contributed by atoms with van der Waals surface area (Å²) in [5.74, 6) is 0.234. The van der Waals surface area contributed by atoms with Gasteiger partial charge in [-0.15, -0.1) is 0 Å². The first-order valence-corrected chi connectivity index (χ1v) is 7.13. The molecule has 0 saturated carbocycles. The van der Waals surface area contributed by atoms with Gasteiger partial charge in [-0.05, 0) is 29.7 Å². The highest BCUT2D eigenvalue weighted by atomic mass is 16.5. The highest BCUT2D eigenvalue weighted by Crippen LogP contribution is 2.34. The van der Waals surface area contributed by atoms with E-state index in [0.717, 1.165) is 16.5 Å². The van der Waals surface area contributed by atoms with E-state index in [-0.39, 0.29) is 5.97 Å². The van der Waals surface area contributed by atoms with Crippen LogP contribution in [-0.4, -0.2) is 20.1 Å². The van der Waals surface area contributed by atoms with E-state index in [4.69, 9.17) is 4.74 Å². The summed E-state index contributed by atoms with van der Waals surface area (Å²) < 4.78 is 5.64. The lowest BCUT2D eigenvalue weighted by atomic mass is 10.1. The topological polar surface area (TPSA) is 29.5 Å². The van der Waals surface area contributed by atoms with Crippen LogP contribution in [0.25, 0.3) is 10.8 Å². The lowest BCUT2D eigenvalue weighted by Crippen LogP contribution is -2.11. The number of ether oxygens (including phenoxy) is 1. The average molecular weight is 291 g/mol. The molecule has 0 heterocycles. The molecule has 0 aliphatic carbocycles. The SMILES string of the molecule is CN(C)c1cccc2cccc(OC(=O)c3ccccc3)c12. The van der Waals surface area contributed by atoms with Gasteiger partial charge in [0.15, 0.2) is 0 Å². The second-order valence-electron chi connectivity index (χ2n) is 5.28.